The molecule has 0 radical (unpaired) electrons. The average Bonchev–Trinajstić information content (AvgIpc) is 3.46. The van der Waals surface area contributed by atoms with Crippen LogP contribution >= 0.6 is 0 Å². The first-order valence-corrected chi connectivity index (χ1v) is 10.8. The molecule has 4 heteroatoms. The second kappa shape index (κ2) is 6.01. The first-order valence-electron chi connectivity index (χ1n) is 10.8. The Balaban J connectivity index is 1.64. The van der Waals surface area contributed by atoms with Crippen LogP contribution in [0.4, 0.5) is 0 Å². The first-order chi connectivity index (χ1) is 15.6. The maximum atomic E-state index is 6.32. The normalized spacial score (nSPS) is 12.2. The van der Waals surface area contributed by atoms with Gasteiger partial charge in [-0.25, -0.2) is 4.57 Å². The van der Waals surface area contributed by atoms with Gasteiger partial charge in [-0.15, -0.1) is 0 Å². The highest BCUT2D eigenvalue weighted by atomic mass is 16.3. The summed E-state index contributed by atoms with van der Waals surface area (Å²) in [7, 11) is 2.13. The molecule has 0 amide bonds. The predicted molar refractivity (Wildman–Crippen MR) is 128 cm³/mol. The third kappa shape index (κ3) is 2.19. The van der Waals surface area contributed by atoms with Gasteiger partial charge in [-0.1, -0.05) is 18.2 Å². The predicted octanol–water partition coefficient (Wildman–Crippen LogP) is 6.87. The van der Waals surface area contributed by atoms with Crippen molar-refractivity contribution >= 4 is 54.7 Å². The van der Waals surface area contributed by atoms with Crippen molar-refractivity contribution in [3.05, 3.63) is 84.4 Å². The van der Waals surface area contributed by atoms with Crippen LogP contribution in [0.2, 0.25) is 0 Å². The quantitative estimate of drug-likeness (QED) is 0.273. The Morgan fingerprint density at radius 3 is 2.38 bits per heavy atom. The van der Waals surface area contributed by atoms with Crippen LogP contribution in [0.25, 0.3) is 60.4 Å². The molecule has 4 aromatic carbocycles. The number of aromatic nitrogens is 2. The number of para-hydroxylation sites is 1. The molecule has 4 nitrogen and oxygen atoms in total. The molecule has 32 heavy (non-hydrogen) atoms. The van der Waals surface area contributed by atoms with Crippen molar-refractivity contribution in [1.82, 2.24) is 4.57 Å². The number of benzene rings is 4. The topological polar surface area (TPSA) is 35.1 Å². The highest BCUT2D eigenvalue weighted by molar-refractivity contribution is 6.16. The van der Waals surface area contributed by atoms with E-state index in [1.807, 2.05) is 12.1 Å². The van der Waals surface area contributed by atoms with E-state index < -0.39 is 0 Å². The number of hydrogen-bond acceptors (Lipinski definition) is 2. The van der Waals surface area contributed by atoms with Crippen molar-refractivity contribution in [2.75, 3.05) is 0 Å². The van der Waals surface area contributed by atoms with E-state index in [-0.39, 0.29) is 0 Å². The third-order valence-electron chi connectivity index (χ3n) is 6.89. The van der Waals surface area contributed by atoms with Gasteiger partial charge in [-0.3, -0.25) is 0 Å². The van der Waals surface area contributed by atoms with Gasteiger partial charge in [0.05, 0.1) is 13.3 Å². The summed E-state index contributed by atoms with van der Waals surface area (Å²) < 4.78 is 16.5. The van der Waals surface area contributed by atoms with Crippen molar-refractivity contribution in [1.29, 1.82) is 0 Å². The minimum Gasteiger partial charge on any atom is -0.464 e. The fraction of sp³-hybridized carbons (Fsp3) is 0.107. The van der Waals surface area contributed by atoms with E-state index in [0.717, 1.165) is 32.9 Å². The van der Waals surface area contributed by atoms with Crippen molar-refractivity contribution in [3.63, 3.8) is 0 Å². The molecule has 0 aliphatic rings. The molecule has 0 aliphatic heterocycles. The van der Waals surface area contributed by atoms with Crippen LogP contribution in [-0.2, 0) is 7.05 Å². The SMILES string of the molecule is Cc1ccccc1-n1c(C)[n+](C)c2ccc3cc4c(cc3c21)oc1cc2occc2cc14. The lowest BCUT2D eigenvalue weighted by Crippen LogP contribution is -2.30. The Kier molecular flexibility index (Phi) is 3.31. The van der Waals surface area contributed by atoms with Crippen LogP contribution in [0, 0.1) is 13.8 Å². The maximum absolute atomic E-state index is 6.32. The van der Waals surface area contributed by atoms with Crippen LogP contribution in [0.15, 0.2) is 81.8 Å². The second-order valence-electron chi connectivity index (χ2n) is 8.64. The monoisotopic (exact) mass is 417 g/mol. The summed E-state index contributed by atoms with van der Waals surface area (Å²) in [6, 6.07) is 23.6. The van der Waals surface area contributed by atoms with E-state index in [1.54, 1.807) is 6.26 Å². The molecule has 154 valence electrons. The van der Waals surface area contributed by atoms with Crippen molar-refractivity contribution in [3.8, 4) is 5.69 Å². The average molecular weight is 417 g/mol. The van der Waals surface area contributed by atoms with Gasteiger partial charge < -0.3 is 8.83 Å². The van der Waals surface area contributed by atoms with E-state index in [9.17, 15) is 0 Å². The molecule has 0 spiro atoms. The van der Waals surface area contributed by atoms with E-state index in [2.05, 4.69) is 84.6 Å². The summed E-state index contributed by atoms with van der Waals surface area (Å²) in [4.78, 5) is 0. The summed E-state index contributed by atoms with van der Waals surface area (Å²) in [6.45, 7) is 4.34. The van der Waals surface area contributed by atoms with Gasteiger partial charge in [-0.05, 0) is 60.3 Å². The first kappa shape index (κ1) is 17.6. The lowest BCUT2D eigenvalue weighted by atomic mass is 10.0. The van der Waals surface area contributed by atoms with E-state index in [4.69, 9.17) is 8.83 Å². The Morgan fingerprint density at radius 1 is 0.750 bits per heavy atom. The summed E-state index contributed by atoms with van der Waals surface area (Å²) in [5.41, 5.74) is 7.44. The largest absolute Gasteiger partial charge is 0.464 e. The molecule has 3 heterocycles. The Morgan fingerprint density at radius 2 is 1.53 bits per heavy atom. The lowest BCUT2D eigenvalue weighted by molar-refractivity contribution is -0.652. The van der Waals surface area contributed by atoms with Crippen LogP contribution in [-0.4, -0.2) is 4.57 Å². The van der Waals surface area contributed by atoms with Gasteiger partial charge in [0.25, 0.3) is 5.82 Å². The van der Waals surface area contributed by atoms with Crippen molar-refractivity contribution in [2.45, 2.75) is 13.8 Å². The minimum absolute atomic E-state index is 0.847. The maximum Gasteiger partial charge on any atom is 0.259 e. The van der Waals surface area contributed by atoms with E-state index in [0.29, 0.717) is 0 Å². The Bertz CT molecular complexity index is 1860. The highest BCUT2D eigenvalue weighted by Crippen LogP contribution is 2.37. The molecule has 0 saturated carbocycles. The molecule has 0 atom stereocenters. The molecule has 3 aromatic heterocycles. The lowest BCUT2D eigenvalue weighted by Gasteiger charge is -2.05. The number of rotatable bonds is 1. The number of nitrogens with zero attached hydrogens (tertiary/aromatic N) is 2. The molecule has 0 fully saturated rings. The van der Waals surface area contributed by atoms with Gasteiger partial charge in [0.1, 0.15) is 22.4 Å². The molecular formula is C28H21N2O2+. The highest BCUT2D eigenvalue weighted by Gasteiger charge is 2.25. The van der Waals surface area contributed by atoms with Crippen LogP contribution in [0.5, 0.6) is 0 Å². The zero-order chi connectivity index (χ0) is 21.6. The van der Waals surface area contributed by atoms with Gasteiger partial charge >= 0.3 is 0 Å². The molecule has 0 N–H and O–H groups in total. The number of fused-ring (bicyclic) bond motifs is 7. The molecule has 7 rings (SSSR count). The summed E-state index contributed by atoms with van der Waals surface area (Å²) in [5.74, 6) is 1.19. The molecule has 7 aromatic rings. The fourth-order valence-corrected chi connectivity index (χ4v) is 5.13. The number of aryl methyl sites for hydroxylation is 2. The molecule has 0 unspecified atom stereocenters. The summed E-state index contributed by atoms with van der Waals surface area (Å²) >= 11 is 0. The van der Waals surface area contributed by atoms with Gasteiger partial charge in [0.15, 0.2) is 11.0 Å². The smallest absolute Gasteiger partial charge is 0.259 e. The van der Waals surface area contributed by atoms with Crippen LogP contribution in [0.1, 0.15) is 11.4 Å². The van der Waals surface area contributed by atoms with Crippen molar-refractivity contribution in [2.24, 2.45) is 7.05 Å². The minimum atomic E-state index is 0.847. The van der Waals surface area contributed by atoms with Gasteiger partial charge in [0, 0.05) is 34.5 Å². The second-order valence-corrected chi connectivity index (χ2v) is 8.64. The summed E-state index contributed by atoms with van der Waals surface area (Å²) in [6.07, 6.45) is 1.72. The number of furan rings is 2. The Hall–Kier alpha value is -4.05. The van der Waals surface area contributed by atoms with E-state index >= 15 is 0 Å². The fourth-order valence-electron chi connectivity index (χ4n) is 5.13. The molecule has 0 saturated heterocycles. The number of imidazole rings is 1. The molecule has 0 bridgehead atoms. The standard InChI is InChI=1S/C28H21N2O2/c1-16-6-4-5-7-23(16)30-17(2)29(3)24-9-8-18-12-21-22-13-19-10-11-31-25(19)15-27(22)32-26(21)14-20(18)28(24)30/h4-15H,1-3H3/q+1. The zero-order valence-corrected chi connectivity index (χ0v) is 18.1. The number of hydrogen-bond donors (Lipinski definition) is 0. The Labute approximate surface area is 183 Å². The van der Waals surface area contributed by atoms with E-state index in [1.165, 1.54) is 38.9 Å². The van der Waals surface area contributed by atoms with Gasteiger partial charge in [0.2, 0.25) is 0 Å². The van der Waals surface area contributed by atoms with Crippen molar-refractivity contribution < 1.29 is 13.4 Å². The van der Waals surface area contributed by atoms with Crippen LogP contribution < -0.4 is 4.57 Å². The summed E-state index contributed by atoms with van der Waals surface area (Å²) in [5, 5.41) is 5.72. The third-order valence-corrected chi connectivity index (χ3v) is 6.89. The van der Waals surface area contributed by atoms with Crippen LogP contribution in [0.3, 0.4) is 0 Å². The zero-order valence-electron chi connectivity index (χ0n) is 18.1. The molecular weight excluding hydrogens is 396 g/mol. The molecule has 0 aliphatic carbocycles. The van der Waals surface area contributed by atoms with Gasteiger partial charge in [-0.2, -0.15) is 4.57 Å².